The van der Waals surface area contributed by atoms with Crippen LogP contribution in [-0.2, 0) is 18.4 Å². The van der Waals surface area contributed by atoms with E-state index in [-0.39, 0.29) is 34.4 Å². The van der Waals surface area contributed by atoms with Crippen LogP contribution in [0.4, 0.5) is 0 Å². The summed E-state index contributed by atoms with van der Waals surface area (Å²) in [5.74, 6) is 0.114. The Morgan fingerprint density at radius 2 is 1.42 bits per heavy atom. The summed E-state index contributed by atoms with van der Waals surface area (Å²) in [6, 6.07) is 31.4. The predicted octanol–water partition coefficient (Wildman–Crippen LogP) is 9.18. The van der Waals surface area contributed by atoms with Gasteiger partial charge in [0.1, 0.15) is 12.3 Å². The Morgan fingerprint density at radius 1 is 0.880 bits per heavy atom. The lowest BCUT2D eigenvalue weighted by Crippen LogP contribution is -2.67. The zero-order valence-corrected chi connectivity index (χ0v) is 33.7. The number of benzene rings is 3. The molecule has 0 bridgehead atoms. The number of hydrogen-bond donors (Lipinski definition) is 0. The number of amides is 1. The molecule has 7 heteroatoms. The number of rotatable bonds is 14. The second-order valence-electron chi connectivity index (χ2n) is 16.9. The molecule has 2 saturated heterocycles. The van der Waals surface area contributed by atoms with Crippen molar-refractivity contribution >= 4 is 32.9 Å². The van der Waals surface area contributed by atoms with E-state index in [0.717, 1.165) is 17.6 Å². The van der Waals surface area contributed by atoms with E-state index in [9.17, 15) is 4.79 Å². The SMILES string of the molecule is C=CC[C@@]1(CC(=C)CCO[Si](C)(C)C(C)(C)C)C[C@H]2O[C@@H](c3ccccc3)[C@H](CO[Si](c3ccccc3)(c3ccccc3)C(C)(C)C)N2C1=O. The van der Waals surface area contributed by atoms with Crippen molar-refractivity contribution in [2.75, 3.05) is 13.2 Å². The number of hydrogen-bond acceptors (Lipinski definition) is 4. The second-order valence-corrected chi connectivity index (χ2v) is 26.1. The van der Waals surface area contributed by atoms with E-state index in [1.807, 2.05) is 29.2 Å². The molecule has 1 amide bonds. The fraction of sp³-hybridized carbons (Fsp3) is 0.465. The van der Waals surface area contributed by atoms with Crippen LogP contribution in [0.1, 0.15) is 78.9 Å². The summed E-state index contributed by atoms with van der Waals surface area (Å²) in [4.78, 5) is 17.0. The lowest BCUT2D eigenvalue weighted by atomic mass is 9.76. The van der Waals surface area contributed by atoms with Gasteiger partial charge in [-0.3, -0.25) is 4.79 Å². The number of carbonyl (C=O) groups is 1. The topological polar surface area (TPSA) is 48.0 Å². The molecule has 0 aliphatic carbocycles. The molecule has 5 nitrogen and oxygen atoms in total. The third kappa shape index (κ3) is 7.44. The zero-order valence-electron chi connectivity index (χ0n) is 31.7. The van der Waals surface area contributed by atoms with Gasteiger partial charge in [-0.05, 0) is 58.4 Å². The molecule has 2 aliphatic heterocycles. The summed E-state index contributed by atoms with van der Waals surface area (Å²) in [5, 5.41) is 2.39. The Morgan fingerprint density at radius 3 is 1.92 bits per heavy atom. The number of nitrogens with zero attached hydrogens (tertiary/aromatic N) is 1. The second kappa shape index (κ2) is 14.9. The van der Waals surface area contributed by atoms with Crippen molar-refractivity contribution in [1.82, 2.24) is 4.90 Å². The van der Waals surface area contributed by atoms with Crippen molar-refractivity contribution in [2.24, 2.45) is 5.41 Å². The van der Waals surface area contributed by atoms with E-state index in [1.54, 1.807) is 0 Å². The van der Waals surface area contributed by atoms with E-state index in [0.29, 0.717) is 32.5 Å². The summed E-state index contributed by atoms with van der Waals surface area (Å²) >= 11 is 0. The van der Waals surface area contributed by atoms with Crippen LogP contribution in [0.2, 0.25) is 23.2 Å². The van der Waals surface area contributed by atoms with Gasteiger partial charge in [0.25, 0.3) is 8.32 Å². The predicted molar refractivity (Wildman–Crippen MR) is 212 cm³/mol. The van der Waals surface area contributed by atoms with Crippen LogP contribution < -0.4 is 10.4 Å². The maximum absolute atomic E-state index is 14.9. The molecular weight excluding hydrogens is 651 g/mol. The van der Waals surface area contributed by atoms with Gasteiger partial charge in [0.05, 0.1) is 18.1 Å². The van der Waals surface area contributed by atoms with Gasteiger partial charge >= 0.3 is 0 Å². The lowest BCUT2D eigenvalue weighted by Gasteiger charge is -2.44. The minimum atomic E-state index is -2.87. The average molecular weight is 710 g/mol. The summed E-state index contributed by atoms with van der Waals surface area (Å²) in [5.41, 5.74) is 1.45. The molecule has 0 saturated carbocycles. The maximum atomic E-state index is 14.9. The number of carbonyl (C=O) groups excluding carboxylic acids is 1. The van der Waals surface area contributed by atoms with Crippen LogP contribution in [0.15, 0.2) is 116 Å². The zero-order chi connectivity index (χ0) is 36.4. The number of allylic oxidation sites excluding steroid dienone is 1. The van der Waals surface area contributed by atoms with Gasteiger partial charge in [0, 0.05) is 13.0 Å². The summed E-state index contributed by atoms with van der Waals surface area (Å²) < 4.78 is 20.9. The van der Waals surface area contributed by atoms with Crippen molar-refractivity contribution in [1.29, 1.82) is 0 Å². The van der Waals surface area contributed by atoms with Crippen LogP contribution in [-0.4, -0.2) is 52.9 Å². The third-order valence-corrected chi connectivity index (χ3v) is 21.0. The van der Waals surface area contributed by atoms with Gasteiger partial charge < -0.3 is 18.5 Å². The molecule has 0 radical (unpaired) electrons. The summed E-state index contributed by atoms with van der Waals surface area (Å²) in [6.45, 7) is 27.7. The van der Waals surface area contributed by atoms with E-state index < -0.39 is 22.0 Å². The normalized spacial score (nSPS) is 22.8. The monoisotopic (exact) mass is 709 g/mol. The molecule has 3 aromatic carbocycles. The summed E-state index contributed by atoms with van der Waals surface area (Å²) in [7, 11) is -4.75. The Kier molecular flexibility index (Phi) is 11.4. The Bertz CT molecular complexity index is 1570. The maximum Gasteiger partial charge on any atom is 0.261 e. The number of ether oxygens (including phenoxy) is 1. The summed E-state index contributed by atoms with van der Waals surface area (Å²) in [6.07, 6.45) is 3.73. The van der Waals surface area contributed by atoms with Crippen LogP contribution in [0.5, 0.6) is 0 Å². The molecule has 2 aliphatic rings. The highest BCUT2D eigenvalue weighted by Gasteiger charge is 2.60. The van der Waals surface area contributed by atoms with Crippen molar-refractivity contribution in [3.63, 3.8) is 0 Å². The third-order valence-electron chi connectivity index (χ3n) is 11.4. The van der Waals surface area contributed by atoms with E-state index in [4.69, 9.17) is 13.6 Å². The highest BCUT2D eigenvalue weighted by Crippen LogP contribution is 2.52. The first-order valence-corrected chi connectivity index (χ1v) is 23.1. The highest BCUT2D eigenvalue weighted by atomic mass is 28.4. The van der Waals surface area contributed by atoms with Gasteiger partial charge in [-0.1, -0.05) is 151 Å². The lowest BCUT2D eigenvalue weighted by molar-refractivity contribution is -0.138. The Balaban J connectivity index is 1.47. The molecule has 0 spiro atoms. The molecule has 268 valence electrons. The molecule has 0 unspecified atom stereocenters. The molecule has 0 N–H and O–H groups in total. The molecule has 2 fully saturated rings. The van der Waals surface area contributed by atoms with Crippen LogP contribution >= 0.6 is 0 Å². The fourth-order valence-corrected chi connectivity index (χ4v) is 13.4. The largest absolute Gasteiger partial charge is 0.417 e. The van der Waals surface area contributed by atoms with Crippen molar-refractivity contribution in [3.8, 4) is 0 Å². The minimum Gasteiger partial charge on any atom is -0.417 e. The molecule has 0 aromatic heterocycles. The number of fused-ring (bicyclic) bond motifs is 1. The van der Waals surface area contributed by atoms with E-state index in [1.165, 1.54) is 10.4 Å². The minimum absolute atomic E-state index is 0.114. The molecule has 2 heterocycles. The van der Waals surface area contributed by atoms with Gasteiger partial charge in [-0.25, -0.2) is 0 Å². The van der Waals surface area contributed by atoms with Crippen LogP contribution in [0.3, 0.4) is 0 Å². The van der Waals surface area contributed by atoms with Crippen LogP contribution in [0, 0.1) is 5.41 Å². The molecular formula is C43H59NO4Si2. The molecule has 4 atom stereocenters. The van der Waals surface area contributed by atoms with Gasteiger partial charge in [-0.15, -0.1) is 6.58 Å². The molecule has 3 aromatic rings. The fourth-order valence-electron chi connectivity index (χ4n) is 7.79. The van der Waals surface area contributed by atoms with Crippen molar-refractivity contribution in [2.45, 2.75) is 109 Å². The quantitative estimate of drug-likeness (QED) is 0.124. The first-order chi connectivity index (χ1) is 23.6. The molecule has 50 heavy (non-hydrogen) atoms. The standard InChI is InChI=1S/C43H59NO4Si2/c1-11-28-43(30-33(2)27-29-46-49(9,10)41(3,4)5)31-38-44(40(43)45)37(39(48-38)34-21-15-12-16-22-34)32-47-50(42(6,7)8,35-23-17-13-18-24-35)36-25-19-14-20-26-36/h11-26,37-39H,1-2,27-32H2,3-10H3/t37-,38+,39-,43+/m0/s1. The Hall–Kier alpha value is -3.08. The van der Waals surface area contributed by atoms with Crippen molar-refractivity contribution < 1.29 is 18.4 Å². The first kappa shape index (κ1) is 38.2. The Labute approximate surface area is 304 Å². The van der Waals surface area contributed by atoms with E-state index in [2.05, 4.69) is 141 Å². The highest BCUT2D eigenvalue weighted by molar-refractivity contribution is 6.99. The average Bonchev–Trinajstić information content (AvgIpc) is 3.54. The van der Waals surface area contributed by atoms with E-state index >= 15 is 0 Å². The first-order valence-electron chi connectivity index (χ1n) is 18.3. The smallest absolute Gasteiger partial charge is 0.261 e. The van der Waals surface area contributed by atoms with Crippen molar-refractivity contribution in [3.05, 3.63) is 121 Å². The van der Waals surface area contributed by atoms with Gasteiger partial charge in [-0.2, -0.15) is 0 Å². The van der Waals surface area contributed by atoms with Gasteiger partial charge in [0.2, 0.25) is 5.91 Å². The van der Waals surface area contributed by atoms with Crippen LogP contribution in [0.25, 0.3) is 0 Å². The van der Waals surface area contributed by atoms with Gasteiger partial charge in [0.15, 0.2) is 8.32 Å². The molecule has 5 rings (SSSR count).